The van der Waals surface area contributed by atoms with Gasteiger partial charge in [0.15, 0.2) is 23.0 Å². The third-order valence-electron chi connectivity index (χ3n) is 5.50. The molecule has 0 spiro atoms. The topological polar surface area (TPSA) is 103 Å². The first-order valence-electron chi connectivity index (χ1n) is 10.7. The van der Waals surface area contributed by atoms with Crippen molar-refractivity contribution in [1.29, 1.82) is 0 Å². The number of hydrogen-bond acceptors (Lipinski definition) is 8. The number of amides is 2. The van der Waals surface area contributed by atoms with E-state index in [1.54, 1.807) is 17.0 Å². The third kappa shape index (κ3) is 5.01. The molecule has 2 aromatic heterocycles. The molecular weight excluding hydrogens is 446 g/mol. The van der Waals surface area contributed by atoms with Crippen molar-refractivity contribution < 1.29 is 28.3 Å². The molecule has 0 saturated carbocycles. The normalized spacial score (nSPS) is 16.7. The molecule has 2 amide bonds. The summed E-state index contributed by atoms with van der Waals surface area (Å²) < 4.78 is 21.8. The number of rotatable bonds is 8. The van der Waals surface area contributed by atoms with Crippen LogP contribution in [0.2, 0.25) is 0 Å². The summed E-state index contributed by atoms with van der Waals surface area (Å²) in [6, 6.07) is 10.7. The Morgan fingerprint density at radius 1 is 1.18 bits per heavy atom. The molecule has 1 fully saturated rings. The van der Waals surface area contributed by atoms with Crippen LogP contribution in [0.3, 0.4) is 0 Å². The highest BCUT2D eigenvalue weighted by molar-refractivity contribution is 7.12. The molecule has 9 nitrogen and oxygen atoms in total. The van der Waals surface area contributed by atoms with Crippen molar-refractivity contribution >= 4 is 23.2 Å². The van der Waals surface area contributed by atoms with Crippen molar-refractivity contribution in [2.75, 3.05) is 19.9 Å². The van der Waals surface area contributed by atoms with E-state index in [9.17, 15) is 9.59 Å². The number of hydrogen-bond donors (Lipinski definition) is 1. The molecule has 1 saturated heterocycles. The van der Waals surface area contributed by atoms with Gasteiger partial charge in [-0.2, -0.15) is 0 Å². The lowest BCUT2D eigenvalue weighted by atomic mass is 10.2. The molecule has 1 N–H and O–H groups in total. The van der Waals surface area contributed by atoms with Crippen LogP contribution in [0.1, 0.15) is 44.3 Å². The maximum Gasteiger partial charge on any atom is 0.273 e. The van der Waals surface area contributed by atoms with Crippen LogP contribution in [0.4, 0.5) is 0 Å². The highest BCUT2D eigenvalue weighted by Gasteiger charge is 2.26. The molecule has 1 aromatic carbocycles. The van der Waals surface area contributed by atoms with E-state index in [1.165, 1.54) is 11.3 Å². The van der Waals surface area contributed by atoms with Gasteiger partial charge in [-0.15, -0.1) is 11.3 Å². The summed E-state index contributed by atoms with van der Waals surface area (Å²) in [7, 11) is 0. The first-order valence-corrected chi connectivity index (χ1v) is 11.6. The van der Waals surface area contributed by atoms with Crippen LogP contribution in [0.15, 0.2) is 46.3 Å². The quantitative estimate of drug-likeness (QED) is 0.540. The van der Waals surface area contributed by atoms with Gasteiger partial charge in [0.1, 0.15) is 0 Å². The number of nitrogens with zero attached hydrogens (tertiary/aromatic N) is 2. The number of benzene rings is 1. The molecule has 10 heteroatoms. The van der Waals surface area contributed by atoms with Crippen LogP contribution in [0.5, 0.6) is 11.5 Å². The summed E-state index contributed by atoms with van der Waals surface area (Å²) in [6.07, 6.45) is 1.90. The van der Waals surface area contributed by atoms with Crippen molar-refractivity contribution in [3.63, 3.8) is 0 Å². The van der Waals surface area contributed by atoms with Gasteiger partial charge in [-0.1, -0.05) is 17.3 Å². The molecule has 33 heavy (non-hydrogen) atoms. The Hall–Kier alpha value is -3.37. The fourth-order valence-electron chi connectivity index (χ4n) is 3.82. The molecule has 5 rings (SSSR count). The van der Waals surface area contributed by atoms with E-state index in [1.807, 2.05) is 29.6 Å². The maximum absolute atomic E-state index is 13.0. The second-order valence-corrected chi connectivity index (χ2v) is 8.79. The Bertz CT molecular complexity index is 1120. The number of carbonyl (C=O) groups excluding carboxylic acids is 2. The number of aromatic nitrogens is 1. The lowest BCUT2D eigenvalue weighted by molar-refractivity contribution is 0.0490. The molecule has 1 atom stereocenters. The molecule has 1 unspecified atom stereocenters. The zero-order valence-corrected chi connectivity index (χ0v) is 18.6. The molecule has 172 valence electrons. The Morgan fingerprint density at radius 3 is 2.91 bits per heavy atom. The number of ether oxygens (including phenoxy) is 3. The van der Waals surface area contributed by atoms with Gasteiger partial charge in [0, 0.05) is 25.8 Å². The van der Waals surface area contributed by atoms with Crippen molar-refractivity contribution in [2.24, 2.45) is 0 Å². The van der Waals surface area contributed by atoms with Crippen LogP contribution in [-0.4, -0.2) is 47.9 Å². The van der Waals surface area contributed by atoms with E-state index in [0.29, 0.717) is 41.8 Å². The van der Waals surface area contributed by atoms with E-state index in [4.69, 9.17) is 18.7 Å². The Balaban J connectivity index is 1.22. The van der Waals surface area contributed by atoms with Crippen LogP contribution in [0.25, 0.3) is 0 Å². The molecule has 4 heterocycles. The van der Waals surface area contributed by atoms with E-state index in [0.717, 1.165) is 18.4 Å². The number of carbonyl (C=O) groups is 2. The minimum absolute atomic E-state index is 0.00121. The summed E-state index contributed by atoms with van der Waals surface area (Å²) in [4.78, 5) is 27.9. The number of thiophene rings is 1. The lowest BCUT2D eigenvalue weighted by Gasteiger charge is -2.23. The SMILES string of the molecule is O=C(NCc1ccc2c(c1)OCO2)c1cc(CN(CC2CCCO2)C(=O)c2cccs2)on1. The summed E-state index contributed by atoms with van der Waals surface area (Å²) >= 11 is 1.39. The van der Waals surface area contributed by atoms with Crippen LogP contribution >= 0.6 is 11.3 Å². The first-order chi connectivity index (χ1) is 16.2. The van der Waals surface area contributed by atoms with Gasteiger partial charge in [-0.25, -0.2) is 0 Å². The monoisotopic (exact) mass is 469 g/mol. The average Bonchev–Trinajstić information content (AvgIpc) is 3.63. The average molecular weight is 470 g/mol. The van der Waals surface area contributed by atoms with Crippen molar-refractivity contribution in [2.45, 2.75) is 32.0 Å². The zero-order valence-electron chi connectivity index (χ0n) is 17.8. The van der Waals surface area contributed by atoms with Crippen molar-refractivity contribution in [3.8, 4) is 11.5 Å². The predicted molar refractivity (Wildman–Crippen MR) is 118 cm³/mol. The summed E-state index contributed by atoms with van der Waals surface area (Å²) in [5.41, 5.74) is 1.03. The molecule has 0 aliphatic carbocycles. The maximum atomic E-state index is 13.0. The predicted octanol–water partition coefficient (Wildman–Crippen LogP) is 3.22. The Kier molecular flexibility index (Phi) is 6.27. The summed E-state index contributed by atoms with van der Waals surface area (Å²) in [5, 5.41) is 8.58. The van der Waals surface area contributed by atoms with Crippen LogP contribution < -0.4 is 14.8 Å². The van der Waals surface area contributed by atoms with E-state index in [2.05, 4.69) is 10.5 Å². The van der Waals surface area contributed by atoms with E-state index < -0.39 is 0 Å². The first kappa shape index (κ1) is 21.5. The van der Waals surface area contributed by atoms with E-state index in [-0.39, 0.29) is 36.9 Å². The second kappa shape index (κ2) is 9.63. The van der Waals surface area contributed by atoms with Gasteiger partial charge in [0.05, 0.1) is 17.5 Å². The van der Waals surface area contributed by atoms with Gasteiger partial charge >= 0.3 is 0 Å². The fourth-order valence-corrected chi connectivity index (χ4v) is 4.51. The highest BCUT2D eigenvalue weighted by atomic mass is 32.1. The van der Waals surface area contributed by atoms with Gasteiger partial charge < -0.3 is 29.0 Å². The zero-order chi connectivity index (χ0) is 22.6. The van der Waals surface area contributed by atoms with Gasteiger partial charge in [0.25, 0.3) is 11.8 Å². The Morgan fingerprint density at radius 2 is 2.09 bits per heavy atom. The highest BCUT2D eigenvalue weighted by Crippen LogP contribution is 2.32. The van der Waals surface area contributed by atoms with Gasteiger partial charge in [-0.05, 0) is 42.0 Å². The molecule has 2 aliphatic heterocycles. The standard InChI is InChI=1S/C23H23N3O6S/c27-22(24-11-15-5-6-19-20(9-15)31-14-30-19)18-10-17(32-25-18)13-26(12-16-3-1-7-29-16)23(28)21-4-2-8-33-21/h2,4-6,8-10,16H,1,3,7,11-14H2,(H,24,27). The smallest absolute Gasteiger partial charge is 0.273 e. The minimum Gasteiger partial charge on any atom is -0.454 e. The molecular formula is C23H23N3O6S. The second-order valence-electron chi connectivity index (χ2n) is 7.85. The van der Waals surface area contributed by atoms with E-state index >= 15 is 0 Å². The minimum atomic E-state index is -0.363. The Labute approximate surface area is 194 Å². The van der Waals surface area contributed by atoms with Crippen LogP contribution in [-0.2, 0) is 17.8 Å². The number of fused-ring (bicyclic) bond motifs is 1. The summed E-state index contributed by atoms with van der Waals surface area (Å²) in [6.45, 7) is 1.88. The summed E-state index contributed by atoms with van der Waals surface area (Å²) in [5.74, 6) is 1.33. The molecule has 3 aromatic rings. The van der Waals surface area contributed by atoms with Crippen LogP contribution in [0, 0.1) is 0 Å². The fraction of sp³-hybridized carbons (Fsp3) is 0.348. The largest absolute Gasteiger partial charge is 0.454 e. The van der Waals surface area contributed by atoms with Gasteiger partial charge in [-0.3, -0.25) is 9.59 Å². The van der Waals surface area contributed by atoms with Crippen molar-refractivity contribution in [1.82, 2.24) is 15.4 Å². The van der Waals surface area contributed by atoms with Gasteiger partial charge in [0.2, 0.25) is 6.79 Å². The number of nitrogens with one attached hydrogen (secondary N) is 1. The van der Waals surface area contributed by atoms with Crippen molar-refractivity contribution in [3.05, 3.63) is 63.7 Å². The molecule has 0 radical (unpaired) electrons. The molecule has 2 aliphatic rings. The lowest BCUT2D eigenvalue weighted by Crippen LogP contribution is -2.36. The molecule has 0 bridgehead atoms. The third-order valence-corrected chi connectivity index (χ3v) is 6.35.